The first-order valence-corrected chi connectivity index (χ1v) is 6.16. The van der Waals surface area contributed by atoms with Crippen molar-refractivity contribution >= 4 is 0 Å². The molecule has 0 saturated carbocycles. The lowest BCUT2D eigenvalue weighted by Gasteiger charge is -2.40. The van der Waals surface area contributed by atoms with E-state index in [4.69, 9.17) is 6.42 Å². The Morgan fingerprint density at radius 1 is 1.40 bits per heavy atom. The van der Waals surface area contributed by atoms with Gasteiger partial charge < -0.3 is 0 Å². The average molecular weight is 207 g/mol. The second-order valence-corrected chi connectivity index (χ2v) is 5.99. The normalized spacial score (nSPS) is 25.9. The molecule has 1 fully saturated rings. The number of rotatable bonds is 2. The Bertz CT molecular complexity index is 231. The molecule has 0 radical (unpaired) electrons. The molecule has 1 saturated heterocycles. The Balaban J connectivity index is 2.62. The van der Waals surface area contributed by atoms with Crippen molar-refractivity contribution in [3.8, 4) is 12.3 Å². The highest BCUT2D eigenvalue weighted by molar-refractivity contribution is 5.00. The zero-order valence-corrected chi connectivity index (χ0v) is 10.7. The quantitative estimate of drug-likeness (QED) is 0.628. The predicted molar refractivity (Wildman–Crippen MR) is 66.7 cm³/mol. The highest BCUT2D eigenvalue weighted by Gasteiger charge is 2.28. The van der Waals surface area contributed by atoms with Gasteiger partial charge in [-0.3, -0.25) is 4.90 Å². The molecular formula is C14H25N. The molecule has 0 spiro atoms. The Labute approximate surface area is 95.2 Å². The topological polar surface area (TPSA) is 3.24 Å². The molecule has 1 heterocycles. The summed E-state index contributed by atoms with van der Waals surface area (Å²) >= 11 is 0. The van der Waals surface area contributed by atoms with E-state index in [9.17, 15) is 0 Å². The molecule has 0 bridgehead atoms. The fourth-order valence-electron chi connectivity index (χ4n) is 2.55. The Kier molecular flexibility index (Phi) is 4.22. The van der Waals surface area contributed by atoms with E-state index in [1.165, 1.54) is 32.2 Å². The van der Waals surface area contributed by atoms with Crippen LogP contribution in [0.4, 0.5) is 0 Å². The summed E-state index contributed by atoms with van der Waals surface area (Å²) in [4.78, 5) is 2.52. The van der Waals surface area contributed by atoms with Gasteiger partial charge in [0.15, 0.2) is 0 Å². The number of nitrogens with zero attached hydrogens (tertiary/aromatic N) is 1. The summed E-state index contributed by atoms with van der Waals surface area (Å²) in [6, 6.07) is 1.00. The van der Waals surface area contributed by atoms with Gasteiger partial charge in [-0.25, -0.2) is 0 Å². The molecule has 1 unspecified atom stereocenters. The average Bonchev–Trinajstić information content (AvgIpc) is 2.15. The number of likely N-dealkylation sites (tertiary alicyclic amines) is 1. The minimum Gasteiger partial charge on any atom is -0.287 e. The maximum Gasteiger partial charge on any atom is 0.0685 e. The molecule has 0 aromatic heterocycles. The van der Waals surface area contributed by atoms with Gasteiger partial charge in [-0.15, -0.1) is 6.42 Å². The lowest BCUT2D eigenvalue weighted by Crippen LogP contribution is -2.46. The molecule has 0 amide bonds. The molecule has 0 N–H and O–H groups in total. The van der Waals surface area contributed by atoms with Gasteiger partial charge >= 0.3 is 0 Å². The van der Waals surface area contributed by atoms with Gasteiger partial charge in [-0.05, 0) is 38.1 Å². The summed E-state index contributed by atoms with van der Waals surface area (Å²) in [5.74, 6) is 2.88. The molecule has 1 rings (SSSR count). The van der Waals surface area contributed by atoms with Crippen molar-refractivity contribution in [2.45, 2.75) is 65.5 Å². The maximum atomic E-state index is 5.54. The first-order valence-electron chi connectivity index (χ1n) is 6.16. The van der Waals surface area contributed by atoms with Crippen molar-refractivity contribution in [1.29, 1.82) is 0 Å². The van der Waals surface area contributed by atoms with Crippen LogP contribution < -0.4 is 0 Å². The molecule has 1 aliphatic heterocycles. The molecule has 0 aromatic carbocycles. The van der Waals surface area contributed by atoms with Crippen LogP contribution in [0.15, 0.2) is 0 Å². The largest absolute Gasteiger partial charge is 0.287 e. The maximum absolute atomic E-state index is 5.54. The number of hydrogen-bond donors (Lipinski definition) is 0. The second kappa shape index (κ2) is 5.03. The van der Waals surface area contributed by atoms with Crippen molar-refractivity contribution in [3.05, 3.63) is 0 Å². The standard InChI is InChI=1S/C14H25N/c1-6-12(2)15-10-8-7-9-13(15)11-14(3,4)5/h1,12-13H,7-11H2,2-5H3/t12?,13-/m1/s1. The highest BCUT2D eigenvalue weighted by Crippen LogP contribution is 2.30. The summed E-state index contributed by atoms with van der Waals surface area (Å²) in [5.41, 5.74) is 0.411. The zero-order valence-electron chi connectivity index (χ0n) is 10.7. The van der Waals surface area contributed by atoms with E-state index in [-0.39, 0.29) is 0 Å². The number of piperidine rings is 1. The molecular weight excluding hydrogens is 182 g/mol. The van der Waals surface area contributed by atoms with Crippen LogP contribution in [-0.4, -0.2) is 23.5 Å². The monoisotopic (exact) mass is 207 g/mol. The van der Waals surface area contributed by atoms with E-state index in [2.05, 4.69) is 38.5 Å². The van der Waals surface area contributed by atoms with Gasteiger partial charge in [0, 0.05) is 6.04 Å². The van der Waals surface area contributed by atoms with Gasteiger partial charge in [-0.1, -0.05) is 33.1 Å². The molecule has 0 aliphatic carbocycles. The van der Waals surface area contributed by atoms with Gasteiger partial charge in [0.05, 0.1) is 6.04 Å². The Morgan fingerprint density at radius 2 is 2.07 bits per heavy atom. The van der Waals surface area contributed by atoms with Crippen LogP contribution in [0.25, 0.3) is 0 Å². The van der Waals surface area contributed by atoms with Crippen molar-refractivity contribution in [3.63, 3.8) is 0 Å². The van der Waals surface area contributed by atoms with Crippen LogP contribution in [-0.2, 0) is 0 Å². The van der Waals surface area contributed by atoms with E-state index in [1.54, 1.807) is 0 Å². The van der Waals surface area contributed by atoms with E-state index < -0.39 is 0 Å². The summed E-state index contributed by atoms with van der Waals surface area (Å²) in [6.45, 7) is 10.3. The highest BCUT2D eigenvalue weighted by atomic mass is 15.2. The molecule has 15 heavy (non-hydrogen) atoms. The SMILES string of the molecule is C#CC(C)N1CCCC[C@@H]1CC(C)(C)C. The van der Waals surface area contributed by atoms with Gasteiger partial charge in [0.2, 0.25) is 0 Å². The van der Waals surface area contributed by atoms with E-state index >= 15 is 0 Å². The van der Waals surface area contributed by atoms with Crippen molar-refractivity contribution in [2.24, 2.45) is 5.41 Å². The van der Waals surface area contributed by atoms with Crippen molar-refractivity contribution < 1.29 is 0 Å². The van der Waals surface area contributed by atoms with E-state index in [0.717, 1.165) is 0 Å². The van der Waals surface area contributed by atoms with Crippen LogP contribution in [0.2, 0.25) is 0 Å². The summed E-state index contributed by atoms with van der Waals surface area (Å²) in [7, 11) is 0. The lowest BCUT2D eigenvalue weighted by atomic mass is 9.84. The van der Waals surface area contributed by atoms with Gasteiger partial charge in [0.1, 0.15) is 0 Å². The summed E-state index contributed by atoms with van der Waals surface area (Å²) < 4.78 is 0. The molecule has 1 aliphatic rings. The molecule has 86 valence electrons. The Morgan fingerprint density at radius 3 is 2.60 bits per heavy atom. The third-order valence-corrected chi connectivity index (χ3v) is 3.26. The van der Waals surface area contributed by atoms with Crippen molar-refractivity contribution in [2.75, 3.05) is 6.54 Å². The van der Waals surface area contributed by atoms with E-state index in [0.29, 0.717) is 17.5 Å². The zero-order chi connectivity index (χ0) is 11.5. The van der Waals surface area contributed by atoms with Crippen LogP contribution in [0.3, 0.4) is 0 Å². The fourth-order valence-corrected chi connectivity index (χ4v) is 2.55. The predicted octanol–water partition coefficient (Wildman–Crippen LogP) is 3.30. The molecule has 1 heteroatoms. The second-order valence-electron chi connectivity index (χ2n) is 5.99. The van der Waals surface area contributed by atoms with E-state index in [1.807, 2.05) is 0 Å². The van der Waals surface area contributed by atoms with Crippen molar-refractivity contribution in [1.82, 2.24) is 4.90 Å². The Hall–Kier alpha value is -0.480. The lowest BCUT2D eigenvalue weighted by molar-refractivity contribution is 0.0941. The minimum absolute atomic E-state index is 0.303. The number of terminal acetylenes is 1. The summed E-state index contributed by atoms with van der Waals surface area (Å²) in [5, 5.41) is 0. The van der Waals surface area contributed by atoms with Crippen LogP contribution >= 0.6 is 0 Å². The van der Waals surface area contributed by atoms with Crippen LogP contribution in [0.5, 0.6) is 0 Å². The minimum atomic E-state index is 0.303. The molecule has 2 atom stereocenters. The third kappa shape index (κ3) is 3.87. The molecule has 1 nitrogen and oxygen atoms in total. The first-order chi connectivity index (χ1) is 6.94. The van der Waals surface area contributed by atoms with Crippen LogP contribution in [0, 0.1) is 17.8 Å². The third-order valence-electron chi connectivity index (χ3n) is 3.26. The fraction of sp³-hybridized carbons (Fsp3) is 0.857. The first kappa shape index (κ1) is 12.6. The number of hydrogen-bond acceptors (Lipinski definition) is 1. The smallest absolute Gasteiger partial charge is 0.0685 e. The molecule has 0 aromatic rings. The van der Waals surface area contributed by atoms with Crippen LogP contribution in [0.1, 0.15) is 53.4 Å². The van der Waals surface area contributed by atoms with Gasteiger partial charge in [0.25, 0.3) is 0 Å². The summed E-state index contributed by atoms with van der Waals surface area (Å²) in [6.07, 6.45) is 10.8. The van der Waals surface area contributed by atoms with Gasteiger partial charge in [-0.2, -0.15) is 0 Å².